The van der Waals surface area contributed by atoms with Crippen molar-refractivity contribution in [1.29, 1.82) is 0 Å². The summed E-state index contributed by atoms with van der Waals surface area (Å²) in [6.07, 6.45) is 6.67. The number of carbonyl (C=O) groups excluding carboxylic acids is 2. The largest absolute Gasteiger partial charge is 0.337 e. The number of likely N-dealkylation sites (tertiary alicyclic amines) is 1. The van der Waals surface area contributed by atoms with Crippen molar-refractivity contribution in [2.24, 2.45) is 0 Å². The molecule has 0 saturated carbocycles. The molecular formula is C30H27BrN4O2. The number of benzene rings is 3. The maximum Gasteiger partial charge on any atom is 0.270 e. The first-order valence-corrected chi connectivity index (χ1v) is 13.2. The van der Waals surface area contributed by atoms with Gasteiger partial charge in [-0.25, -0.2) is 4.68 Å². The molecule has 2 amide bonds. The molecule has 2 heterocycles. The standard InChI is InChI=1S/C30H27BrN4O2/c31-25-16-14-23(15-17-25)29(36)32-27(30(37)34-18-8-3-9-19-34)20-24-21-35(26-12-6-2-7-13-26)33-28(24)22-10-4-1-5-11-22/h1-2,4-7,10-17,20-21H,3,8-9,18-19H2,(H,32,36). The number of carbonyl (C=O) groups is 2. The number of hydrogen-bond acceptors (Lipinski definition) is 3. The van der Waals surface area contributed by atoms with Crippen LogP contribution in [0.5, 0.6) is 0 Å². The van der Waals surface area contributed by atoms with Crippen LogP contribution in [0.3, 0.4) is 0 Å². The number of hydrogen-bond donors (Lipinski definition) is 1. The predicted octanol–water partition coefficient (Wildman–Crippen LogP) is 6.09. The summed E-state index contributed by atoms with van der Waals surface area (Å²) in [5, 5.41) is 7.76. The Labute approximate surface area is 224 Å². The van der Waals surface area contributed by atoms with Crippen molar-refractivity contribution in [1.82, 2.24) is 20.0 Å². The van der Waals surface area contributed by atoms with Gasteiger partial charge in [0.25, 0.3) is 11.8 Å². The number of piperidine rings is 1. The molecule has 3 aromatic carbocycles. The Morgan fingerprint density at radius 3 is 2.16 bits per heavy atom. The zero-order valence-electron chi connectivity index (χ0n) is 20.3. The Morgan fingerprint density at radius 2 is 1.49 bits per heavy atom. The Hall–Kier alpha value is -3.97. The monoisotopic (exact) mass is 554 g/mol. The molecule has 0 bridgehead atoms. The third-order valence-corrected chi connectivity index (χ3v) is 6.87. The zero-order chi connectivity index (χ0) is 25.6. The molecular weight excluding hydrogens is 528 g/mol. The lowest BCUT2D eigenvalue weighted by Gasteiger charge is -2.27. The van der Waals surface area contributed by atoms with Crippen molar-refractivity contribution in [2.45, 2.75) is 19.3 Å². The normalized spacial score (nSPS) is 13.9. The van der Waals surface area contributed by atoms with E-state index in [1.807, 2.05) is 83.9 Å². The maximum absolute atomic E-state index is 13.7. The molecule has 0 aliphatic carbocycles. The minimum absolute atomic E-state index is 0.184. The number of rotatable bonds is 6. The molecule has 7 heteroatoms. The van der Waals surface area contributed by atoms with Crippen LogP contribution in [-0.4, -0.2) is 39.6 Å². The van der Waals surface area contributed by atoms with E-state index in [4.69, 9.17) is 5.10 Å². The highest BCUT2D eigenvalue weighted by atomic mass is 79.9. The summed E-state index contributed by atoms with van der Waals surface area (Å²) < 4.78 is 2.68. The van der Waals surface area contributed by atoms with Crippen LogP contribution in [0.4, 0.5) is 0 Å². The minimum Gasteiger partial charge on any atom is -0.337 e. The number of para-hydroxylation sites is 1. The lowest BCUT2D eigenvalue weighted by atomic mass is 10.1. The van der Waals surface area contributed by atoms with Crippen LogP contribution in [0.1, 0.15) is 35.2 Å². The first kappa shape index (κ1) is 24.7. The van der Waals surface area contributed by atoms with Gasteiger partial charge in [-0.1, -0.05) is 64.5 Å². The van der Waals surface area contributed by atoms with Crippen molar-refractivity contribution in [3.8, 4) is 16.9 Å². The first-order chi connectivity index (χ1) is 18.1. The molecule has 186 valence electrons. The van der Waals surface area contributed by atoms with Crippen molar-refractivity contribution in [2.75, 3.05) is 13.1 Å². The molecule has 0 spiro atoms. The number of amides is 2. The van der Waals surface area contributed by atoms with Gasteiger partial charge in [0.05, 0.1) is 5.69 Å². The molecule has 4 aromatic rings. The molecule has 1 aliphatic rings. The molecule has 0 atom stereocenters. The fraction of sp³-hybridized carbons (Fsp3) is 0.167. The molecule has 0 unspecified atom stereocenters. The van der Waals surface area contributed by atoms with Crippen molar-refractivity contribution >= 4 is 33.8 Å². The topological polar surface area (TPSA) is 67.2 Å². The van der Waals surface area contributed by atoms with Crippen LogP contribution < -0.4 is 5.32 Å². The van der Waals surface area contributed by atoms with Gasteiger partial charge >= 0.3 is 0 Å². The van der Waals surface area contributed by atoms with Gasteiger partial charge in [-0.3, -0.25) is 9.59 Å². The molecule has 1 saturated heterocycles. The fourth-order valence-electron chi connectivity index (χ4n) is 4.40. The van der Waals surface area contributed by atoms with Gasteiger partial charge in [-0.2, -0.15) is 5.10 Å². The van der Waals surface area contributed by atoms with E-state index in [0.29, 0.717) is 18.7 Å². The van der Waals surface area contributed by atoms with Gasteiger partial charge < -0.3 is 10.2 Å². The summed E-state index contributed by atoms with van der Waals surface area (Å²) in [5.41, 5.74) is 4.01. The van der Waals surface area contributed by atoms with Gasteiger partial charge in [-0.15, -0.1) is 0 Å². The van der Waals surface area contributed by atoms with Gasteiger partial charge in [0, 0.05) is 40.4 Å². The van der Waals surface area contributed by atoms with Crippen molar-refractivity contribution in [3.63, 3.8) is 0 Å². The third-order valence-electron chi connectivity index (χ3n) is 6.34. The molecule has 1 N–H and O–H groups in total. The van der Waals surface area contributed by atoms with Crippen LogP contribution >= 0.6 is 15.9 Å². The average molecular weight is 555 g/mol. The fourth-order valence-corrected chi connectivity index (χ4v) is 4.66. The van der Waals surface area contributed by atoms with Crippen LogP contribution in [0.15, 0.2) is 101 Å². The first-order valence-electron chi connectivity index (χ1n) is 12.4. The highest BCUT2D eigenvalue weighted by molar-refractivity contribution is 9.10. The van der Waals surface area contributed by atoms with E-state index in [-0.39, 0.29) is 17.5 Å². The summed E-state index contributed by atoms with van der Waals surface area (Å²) in [4.78, 5) is 28.6. The van der Waals surface area contributed by atoms with Crippen LogP contribution in [-0.2, 0) is 4.79 Å². The van der Waals surface area contributed by atoms with E-state index in [1.165, 1.54) is 0 Å². The van der Waals surface area contributed by atoms with Gasteiger partial charge in [0.2, 0.25) is 0 Å². The van der Waals surface area contributed by atoms with Gasteiger partial charge in [0.1, 0.15) is 11.4 Å². The Morgan fingerprint density at radius 1 is 0.838 bits per heavy atom. The maximum atomic E-state index is 13.7. The van der Waals surface area contributed by atoms with Crippen LogP contribution in [0, 0.1) is 0 Å². The number of halogens is 1. The Balaban J connectivity index is 1.58. The minimum atomic E-state index is -0.333. The second kappa shape index (κ2) is 11.4. The van der Waals surface area contributed by atoms with E-state index >= 15 is 0 Å². The molecule has 1 aromatic heterocycles. The highest BCUT2D eigenvalue weighted by Gasteiger charge is 2.23. The van der Waals surface area contributed by atoms with E-state index in [2.05, 4.69) is 21.2 Å². The second-order valence-corrected chi connectivity index (χ2v) is 9.87. The molecule has 0 radical (unpaired) electrons. The summed E-state index contributed by atoms with van der Waals surface area (Å²) in [6, 6.07) is 26.7. The average Bonchev–Trinajstić information content (AvgIpc) is 3.38. The highest BCUT2D eigenvalue weighted by Crippen LogP contribution is 2.26. The van der Waals surface area contributed by atoms with E-state index in [9.17, 15) is 9.59 Å². The van der Waals surface area contributed by atoms with Gasteiger partial charge in [-0.05, 0) is 61.7 Å². The van der Waals surface area contributed by atoms with Crippen LogP contribution in [0.25, 0.3) is 23.0 Å². The Kier molecular flexibility index (Phi) is 7.61. The van der Waals surface area contributed by atoms with Gasteiger partial charge in [0.15, 0.2) is 0 Å². The number of nitrogens with zero attached hydrogens (tertiary/aromatic N) is 3. The molecule has 5 rings (SSSR count). The number of nitrogens with one attached hydrogen (secondary N) is 1. The van der Waals surface area contributed by atoms with Crippen molar-refractivity contribution < 1.29 is 9.59 Å². The summed E-state index contributed by atoms with van der Waals surface area (Å²) >= 11 is 3.40. The lowest BCUT2D eigenvalue weighted by Crippen LogP contribution is -2.41. The summed E-state index contributed by atoms with van der Waals surface area (Å²) in [6.45, 7) is 1.36. The molecule has 6 nitrogen and oxygen atoms in total. The summed E-state index contributed by atoms with van der Waals surface area (Å²) in [7, 11) is 0. The third kappa shape index (κ3) is 5.89. The van der Waals surface area contributed by atoms with E-state index in [0.717, 1.165) is 46.2 Å². The lowest BCUT2D eigenvalue weighted by molar-refractivity contribution is -0.128. The smallest absolute Gasteiger partial charge is 0.270 e. The predicted molar refractivity (Wildman–Crippen MR) is 149 cm³/mol. The van der Waals surface area contributed by atoms with Crippen LogP contribution in [0.2, 0.25) is 0 Å². The van der Waals surface area contributed by atoms with Crippen molar-refractivity contribution in [3.05, 3.63) is 112 Å². The Bertz CT molecular complexity index is 1410. The molecule has 37 heavy (non-hydrogen) atoms. The SMILES string of the molecule is O=C(NC(=Cc1cn(-c2ccccc2)nc1-c1ccccc1)C(=O)N1CCCCC1)c1ccc(Br)cc1. The van der Waals surface area contributed by atoms with E-state index < -0.39 is 0 Å². The van der Waals surface area contributed by atoms with E-state index in [1.54, 1.807) is 22.9 Å². The quantitative estimate of drug-likeness (QED) is 0.293. The second-order valence-electron chi connectivity index (χ2n) is 8.95. The zero-order valence-corrected chi connectivity index (χ0v) is 21.9. The molecule has 1 fully saturated rings. The summed E-state index contributed by atoms with van der Waals surface area (Å²) in [5.74, 6) is -0.516. The molecule has 1 aliphatic heterocycles. The number of aromatic nitrogens is 2.